The molecule has 1 aromatic rings. The van der Waals surface area contributed by atoms with Crippen LogP contribution in [0.2, 0.25) is 0 Å². The highest BCUT2D eigenvalue weighted by Gasteiger charge is 1.99. The number of rotatable bonds is 2. The molecule has 0 spiro atoms. The Morgan fingerprint density at radius 2 is 2.50 bits per heavy atom. The summed E-state index contributed by atoms with van der Waals surface area (Å²) in [7, 11) is 0. The lowest BCUT2D eigenvalue weighted by Crippen LogP contribution is -1.97. The predicted molar refractivity (Wildman–Crippen MR) is 51.0 cm³/mol. The van der Waals surface area contributed by atoms with Crippen molar-refractivity contribution in [2.75, 3.05) is 6.61 Å². The smallest absolute Gasteiger partial charge is 0.217 e. The van der Waals surface area contributed by atoms with Gasteiger partial charge in [-0.25, -0.2) is 4.98 Å². The maximum absolute atomic E-state index is 5.17. The van der Waals surface area contributed by atoms with Crippen LogP contribution in [0.5, 0.6) is 5.88 Å². The van der Waals surface area contributed by atoms with E-state index in [1.54, 1.807) is 6.20 Å². The van der Waals surface area contributed by atoms with Crippen LogP contribution >= 0.6 is 15.9 Å². The molecule has 3 heteroatoms. The largest absolute Gasteiger partial charge is 0.464 e. The van der Waals surface area contributed by atoms with Gasteiger partial charge in [0.05, 0.1) is 0 Å². The molecule has 0 amide bonds. The van der Waals surface area contributed by atoms with Gasteiger partial charge in [0, 0.05) is 16.2 Å². The summed E-state index contributed by atoms with van der Waals surface area (Å²) in [6.07, 6.45) is 6.72. The average Bonchev–Trinajstić information content (AvgIpc) is 2.03. The Kier molecular flexibility index (Phi) is 3.12. The van der Waals surface area contributed by atoms with Crippen molar-refractivity contribution in [1.29, 1.82) is 0 Å². The first-order valence-corrected chi connectivity index (χ1v) is 4.21. The van der Waals surface area contributed by atoms with Crippen LogP contribution in [0.1, 0.15) is 5.56 Å². The molecule has 0 aliphatic carbocycles. The fourth-order valence-electron chi connectivity index (χ4n) is 0.789. The maximum Gasteiger partial charge on any atom is 0.217 e. The van der Waals surface area contributed by atoms with Crippen LogP contribution in [0.3, 0.4) is 0 Å². The summed E-state index contributed by atoms with van der Waals surface area (Å²) >= 11 is 3.31. The van der Waals surface area contributed by atoms with Gasteiger partial charge in [-0.1, -0.05) is 5.92 Å². The van der Waals surface area contributed by atoms with E-state index in [2.05, 4.69) is 26.8 Å². The number of aromatic nitrogens is 1. The third-order valence-electron chi connectivity index (χ3n) is 1.29. The minimum absolute atomic E-state index is 0.259. The van der Waals surface area contributed by atoms with Gasteiger partial charge in [0.25, 0.3) is 0 Å². The molecule has 12 heavy (non-hydrogen) atoms. The molecule has 0 fully saturated rings. The lowest BCUT2D eigenvalue weighted by Gasteiger charge is -2.03. The number of nitrogens with zero attached hydrogens (tertiary/aromatic N) is 1. The molecule has 0 bridgehead atoms. The summed E-state index contributed by atoms with van der Waals surface area (Å²) in [5.41, 5.74) is 0.972. The van der Waals surface area contributed by atoms with E-state index in [0.717, 1.165) is 10.0 Å². The molecule has 62 valence electrons. The predicted octanol–water partition coefficient (Wildman–Crippen LogP) is 2.16. The van der Waals surface area contributed by atoms with Gasteiger partial charge in [0.1, 0.15) is 0 Å². The second kappa shape index (κ2) is 4.13. The molecule has 0 atom stereocenters. The number of aryl methyl sites for hydroxylation is 1. The molecule has 0 aliphatic rings. The molecular formula is C9H8BrNO. The van der Waals surface area contributed by atoms with Crippen LogP contribution in [0, 0.1) is 19.3 Å². The normalized spacial score (nSPS) is 9.08. The van der Waals surface area contributed by atoms with Gasteiger partial charge in [-0.3, -0.25) is 0 Å². The third-order valence-corrected chi connectivity index (χ3v) is 1.72. The van der Waals surface area contributed by atoms with Crippen LogP contribution in [-0.2, 0) is 0 Å². The van der Waals surface area contributed by atoms with E-state index in [-0.39, 0.29) is 6.61 Å². The highest BCUT2D eigenvalue weighted by molar-refractivity contribution is 9.10. The third kappa shape index (κ3) is 2.24. The summed E-state index contributed by atoms with van der Waals surface area (Å²) < 4.78 is 6.11. The van der Waals surface area contributed by atoms with Crippen LogP contribution in [0.15, 0.2) is 16.7 Å². The SMILES string of the molecule is C#CCOc1ncc(Br)cc1C. The Balaban J connectivity index is 2.81. The Morgan fingerprint density at radius 3 is 3.08 bits per heavy atom. The minimum Gasteiger partial charge on any atom is -0.464 e. The zero-order chi connectivity index (χ0) is 8.97. The molecule has 1 aromatic heterocycles. The van der Waals surface area contributed by atoms with E-state index in [1.807, 2.05) is 13.0 Å². The molecule has 0 aliphatic heterocycles. The van der Waals surface area contributed by atoms with E-state index in [9.17, 15) is 0 Å². The standard InChI is InChI=1S/C9H8BrNO/c1-3-4-12-9-7(2)5-8(10)6-11-9/h1,5-6H,4H2,2H3. The van der Waals surface area contributed by atoms with Crippen molar-refractivity contribution in [3.8, 4) is 18.2 Å². The number of hydrogen-bond donors (Lipinski definition) is 0. The number of ether oxygens (including phenoxy) is 1. The molecule has 2 nitrogen and oxygen atoms in total. The van der Waals surface area contributed by atoms with E-state index >= 15 is 0 Å². The fourth-order valence-corrected chi connectivity index (χ4v) is 1.23. The van der Waals surface area contributed by atoms with Crippen LogP contribution in [0.4, 0.5) is 0 Å². The number of pyridine rings is 1. The topological polar surface area (TPSA) is 22.1 Å². The zero-order valence-electron chi connectivity index (χ0n) is 6.67. The van der Waals surface area contributed by atoms with Crippen molar-refractivity contribution in [2.45, 2.75) is 6.92 Å². The van der Waals surface area contributed by atoms with Crippen molar-refractivity contribution in [1.82, 2.24) is 4.98 Å². The van der Waals surface area contributed by atoms with Gasteiger partial charge >= 0.3 is 0 Å². The minimum atomic E-state index is 0.259. The van der Waals surface area contributed by atoms with Crippen molar-refractivity contribution in [2.24, 2.45) is 0 Å². The van der Waals surface area contributed by atoms with Crippen molar-refractivity contribution in [3.05, 3.63) is 22.3 Å². The fraction of sp³-hybridized carbons (Fsp3) is 0.222. The quantitative estimate of drug-likeness (QED) is 0.721. The molecule has 0 unspecified atom stereocenters. The first-order chi connectivity index (χ1) is 5.74. The number of halogens is 1. The van der Waals surface area contributed by atoms with Gasteiger partial charge in [-0.05, 0) is 28.9 Å². The first kappa shape index (κ1) is 9.08. The lowest BCUT2D eigenvalue weighted by atomic mass is 10.3. The Bertz CT molecular complexity index is 317. The summed E-state index contributed by atoms with van der Waals surface area (Å²) in [6.45, 7) is 2.18. The van der Waals surface area contributed by atoms with E-state index < -0.39 is 0 Å². The van der Waals surface area contributed by atoms with Crippen LogP contribution in [0.25, 0.3) is 0 Å². The highest BCUT2D eigenvalue weighted by atomic mass is 79.9. The van der Waals surface area contributed by atoms with Gasteiger partial charge < -0.3 is 4.74 Å². The number of hydrogen-bond acceptors (Lipinski definition) is 2. The second-order valence-corrected chi connectivity index (χ2v) is 3.18. The van der Waals surface area contributed by atoms with Gasteiger partial charge in [0.2, 0.25) is 5.88 Å². The van der Waals surface area contributed by atoms with E-state index in [1.165, 1.54) is 0 Å². The van der Waals surface area contributed by atoms with E-state index in [4.69, 9.17) is 11.2 Å². The molecule has 1 rings (SSSR count). The van der Waals surface area contributed by atoms with Crippen LogP contribution in [-0.4, -0.2) is 11.6 Å². The van der Waals surface area contributed by atoms with Gasteiger partial charge in [-0.2, -0.15) is 0 Å². The first-order valence-electron chi connectivity index (χ1n) is 3.42. The molecule has 0 N–H and O–H groups in total. The van der Waals surface area contributed by atoms with Crippen molar-refractivity contribution in [3.63, 3.8) is 0 Å². The molecule has 0 aromatic carbocycles. The Morgan fingerprint density at radius 1 is 1.75 bits per heavy atom. The second-order valence-electron chi connectivity index (χ2n) is 2.27. The van der Waals surface area contributed by atoms with E-state index in [0.29, 0.717) is 5.88 Å². The van der Waals surface area contributed by atoms with Gasteiger partial charge in [-0.15, -0.1) is 6.42 Å². The average molecular weight is 226 g/mol. The monoisotopic (exact) mass is 225 g/mol. The summed E-state index contributed by atoms with van der Waals surface area (Å²) in [5.74, 6) is 2.98. The Labute approximate surface area is 80.1 Å². The van der Waals surface area contributed by atoms with Crippen molar-refractivity contribution >= 4 is 15.9 Å². The van der Waals surface area contributed by atoms with Gasteiger partial charge in [0.15, 0.2) is 6.61 Å². The summed E-state index contributed by atoms with van der Waals surface area (Å²) in [6, 6.07) is 1.93. The Hall–Kier alpha value is -1.01. The zero-order valence-corrected chi connectivity index (χ0v) is 8.26. The van der Waals surface area contributed by atoms with Crippen LogP contribution < -0.4 is 4.74 Å². The highest BCUT2D eigenvalue weighted by Crippen LogP contribution is 2.18. The number of terminal acetylenes is 1. The van der Waals surface area contributed by atoms with Crippen molar-refractivity contribution < 1.29 is 4.74 Å². The molecule has 0 saturated carbocycles. The molecule has 0 radical (unpaired) electrons. The molecule has 1 heterocycles. The summed E-state index contributed by atoms with van der Waals surface area (Å²) in [4.78, 5) is 4.05. The maximum atomic E-state index is 5.17. The summed E-state index contributed by atoms with van der Waals surface area (Å²) in [5, 5.41) is 0. The molecular weight excluding hydrogens is 218 g/mol. The molecule has 0 saturated heterocycles. The lowest BCUT2D eigenvalue weighted by molar-refractivity contribution is 0.352.